The van der Waals surface area contributed by atoms with Crippen molar-refractivity contribution in [3.05, 3.63) is 322 Å². The van der Waals surface area contributed by atoms with Crippen LogP contribution in [0.25, 0.3) is 57.7 Å². The molecular formula is C79H62N2. The van der Waals surface area contributed by atoms with Gasteiger partial charge in [-0.1, -0.05) is 234 Å². The van der Waals surface area contributed by atoms with Crippen molar-refractivity contribution in [1.82, 2.24) is 0 Å². The third-order valence-electron chi connectivity index (χ3n) is 18.4. The number of para-hydroxylation sites is 4. The van der Waals surface area contributed by atoms with Crippen LogP contribution in [0.4, 0.5) is 34.1 Å². The average Bonchev–Trinajstić information content (AvgIpc) is 2.54. The van der Waals surface area contributed by atoms with Crippen LogP contribution >= 0.6 is 0 Å². The Kier molecular flexibility index (Phi) is 11.3. The van der Waals surface area contributed by atoms with Gasteiger partial charge in [0.1, 0.15) is 0 Å². The second kappa shape index (κ2) is 18.8. The van der Waals surface area contributed by atoms with Crippen molar-refractivity contribution in [2.75, 3.05) is 9.80 Å². The Labute approximate surface area is 477 Å². The van der Waals surface area contributed by atoms with Crippen LogP contribution in [0.1, 0.15) is 94.5 Å². The van der Waals surface area contributed by atoms with Gasteiger partial charge in [-0.25, -0.2) is 0 Å². The van der Waals surface area contributed by atoms with E-state index in [1.807, 2.05) is 0 Å². The first kappa shape index (κ1) is 48.6. The van der Waals surface area contributed by atoms with Crippen molar-refractivity contribution in [2.24, 2.45) is 0 Å². The summed E-state index contributed by atoms with van der Waals surface area (Å²) in [4.78, 5) is 4.73. The van der Waals surface area contributed by atoms with Crippen LogP contribution in [0.3, 0.4) is 0 Å². The van der Waals surface area contributed by atoms with E-state index in [-0.39, 0.29) is 16.2 Å². The number of rotatable bonds is 10. The fourth-order valence-corrected chi connectivity index (χ4v) is 14.3. The summed E-state index contributed by atoms with van der Waals surface area (Å²) in [5.41, 5.74) is 30.6. The molecule has 2 nitrogen and oxygen atoms in total. The quantitative estimate of drug-likeness (QED) is 0.126. The lowest BCUT2D eigenvalue weighted by Gasteiger charge is -2.28. The predicted octanol–water partition coefficient (Wildman–Crippen LogP) is 20.6. The van der Waals surface area contributed by atoms with Crippen LogP contribution in [-0.2, 0) is 29.1 Å². The molecule has 0 amide bonds. The van der Waals surface area contributed by atoms with Crippen molar-refractivity contribution in [3.63, 3.8) is 0 Å². The molecule has 0 radical (unpaired) electrons. The summed E-state index contributed by atoms with van der Waals surface area (Å²) in [6.45, 7) is 9.54. The Morgan fingerprint density at radius 1 is 0.259 bits per heavy atom. The Morgan fingerprint density at radius 3 is 0.840 bits per heavy atom. The Morgan fingerprint density at radius 2 is 0.519 bits per heavy atom. The average molecular weight is 1040 g/mol. The third-order valence-corrected chi connectivity index (χ3v) is 18.4. The molecule has 0 fully saturated rings. The van der Waals surface area contributed by atoms with Crippen LogP contribution in [0.5, 0.6) is 0 Å². The minimum Gasteiger partial charge on any atom is -0.310 e. The molecule has 0 aromatic heterocycles. The molecule has 81 heavy (non-hydrogen) atoms. The normalized spacial score (nSPS) is 15.0. The van der Waals surface area contributed by atoms with Crippen LogP contribution < -0.4 is 9.80 Å². The molecule has 0 aliphatic heterocycles. The fourth-order valence-electron chi connectivity index (χ4n) is 14.3. The standard InChI is InChI=1S/C79H62N2/c1-77(2)71-45-53(33-39-65(71)67-43-37-63(49-73(67)77)80(59-21-9-5-10-22-59)60-23-11-6-12-24-60)29-31-55-35-41-69-70-42-36-56(48-76(70)79(75(69)47-55)51-57-19-17-18-20-58(57)52-79)32-30-54-34-40-66-68-44-38-64(50-74(68)78(3,4)72(66)46-54)81(61-25-13-7-14-26-61)62-27-15-8-16-28-62/h5-50H,51-52H2,1-4H3/b31-29+,32-30+. The van der Waals surface area contributed by atoms with Gasteiger partial charge in [0.15, 0.2) is 0 Å². The van der Waals surface area contributed by atoms with Gasteiger partial charge < -0.3 is 9.80 Å². The highest BCUT2D eigenvalue weighted by molar-refractivity contribution is 5.91. The van der Waals surface area contributed by atoms with Crippen molar-refractivity contribution in [2.45, 2.75) is 56.8 Å². The molecule has 0 bridgehead atoms. The molecule has 0 unspecified atom stereocenters. The summed E-state index contributed by atoms with van der Waals surface area (Å²) in [6.07, 6.45) is 11.3. The number of anilines is 6. The maximum Gasteiger partial charge on any atom is 0.0465 e. The summed E-state index contributed by atoms with van der Waals surface area (Å²) < 4.78 is 0. The monoisotopic (exact) mass is 1040 g/mol. The van der Waals surface area contributed by atoms with Gasteiger partial charge >= 0.3 is 0 Å². The second-order valence-corrected chi connectivity index (χ2v) is 23.8. The zero-order chi connectivity index (χ0) is 54.5. The van der Waals surface area contributed by atoms with Gasteiger partial charge in [0.05, 0.1) is 0 Å². The number of nitrogens with zero attached hydrogens (tertiary/aromatic N) is 2. The molecule has 0 atom stereocenters. The van der Waals surface area contributed by atoms with Crippen molar-refractivity contribution in [3.8, 4) is 33.4 Å². The molecule has 1 spiro atoms. The Bertz CT molecular complexity index is 3970. The first-order chi connectivity index (χ1) is 39.6. The van der Waals surface area contributed by atoms with Crippen molar-refractivity contribution in [1.29, 1.82) is 0 Å². The number of benzene rings is 11. The van der Waals surface area contributed by atoms with E-state index in [9.17, 15) is 0 Å². The molecular weight excluding hydrogens is 977 g/mol. The lowest BCUT2D eigenvalue weighted by molar-refractivity contribution is 0.563. The van der Waals surface area contributed by atoms with Gasteiger partial charge in [0, 0.05) is 50.4 Å². The zero-order valence-corrected chi connectivity index (χ0v) is 46.4. The zero-order valence-electron chi connectivity index (χ0n) is 46.4. The minimum absolute atomic E-state index is 0.139. The SMILES string of the molecule is CC1(C)c2cc(/C=C/c3ccc4c(c3)C3(Cc5ccccc5C3)c3cc(/C=C/c5ccc6c(c5)C(C)(C)c5cc(N(c7ccccc7)c7ccccc7)ccc5-6)ccc3-4)ccc2-c2ccc(N(c3ccccc3)c3ccccc3)cc21. The Balaban J connectivity index is 0.713. The molecule has 0 saturated carbocycles. The fraction of sp³-hybridized carbons (Fsp3) is 0.114. The van der Waals surface area contributed by atoms with Gasteiger partial charge in [-0.2, -0.15) is 0 Å². The minimum atomic E-state index is -0.175. The van der Waals surface area contributed by atoms with Gasteiger partial charge in [-0.3, -0.25) is 0 Å². The van der Waals surface area contributed by atoms with Crippen LogP contribution in [0.2, 0.25) is 0 Å². The van der Waals surface area contributed by atoms with E-state index in [2.05, 4.69) is 317 Å². The molecule has 0 N–H and O–H groups in total. The molecule has 11 aromatic rings. The van der Waals surface area contributed by atoms with Crippen LogP contribution in [0.15, 0.2) is 255 Å². The van der Waals surface area contributed by atoms with Gasteiger partial charge in [0.25, 0.3) is 0 Å². The summed E-state index contributed by atoms with van der Waals surface area (Å²) in [6, 6.07) is 94.6. The predicted molar refractivity (Wildman–Crippen MR) is 342 cm³/mol. The van der Waals surface area contributed by atoms with E-state index in [0.717, 1.165) is 35.6 Å². The highest BCUT2D eigenvalue weighted by Crippen LogP contribution is 2.57. The molecule has 11 aromatic carbocycles. The highest BCUT2D eigenvalue weighted by atomic mass is 15.1. The third kappa shape index (κ3) is 7.99. The molecule has 0 saturated heterocycles. The van der Waals surface area contributed by atoms with E-state index in [1.165, 1.54) is 112 Å². The number of hydrogen-bond acceptors (Lipinski definition) is 2. The van der Waals surface area contributed by atoms with Gasteiger partial charge in [-0.15, -0.1) is 0 Å². The number of hydrogen-bond donors (Lipinski definition) is 0. The molecule has 15 rings (SSSR count). The molecule has 2 heteroatoms. The summed E-state index contributed by atoms with van der Waals surface area (Å²) in [5, 5.41) is 0. The van der Waals surface area contributed by atoms with Gasteiger partial charge in [0.2, 0.25) is 0 Å². The molecule has 4 aliphatic rings. The van der Waals surface area contributed by atoms with Gasteiger partial charge in [-0.05, 0) is 186 Å². The van der Waals surface area contributed by atoms with Crippen LogP contribution in [0, 0.1) is 0 Å². The lowest BCUT2D eigenvalue weighted by atomic mass is 9.75. The Hall–Kier alpha value is -9.50. The summed E-state index contributed by atoms with van der Waals surface area (Å²) in [5.74, 6) is 0. The molecule has 4 aliphatic carbocycles. The van der Waals surface area contributed by atoms with E-state index in [0.29, 0.717) is 0 Å². The number of fused-ring (bicyclic) bond motifs is 12. The molecule has 388 valence electrons. The smallest absolute Gasteiger partial charge is 0.0465 e. The lowest BCUT2D eigenvalue weighted by Crippen LogP contribution is -2.26. The van der Waals surface area contributed by atoms with E-state index in [4.69, 9.17) is 0 Å². The maximum atomic E-state index is 2.50. The van der Waals surface area contributed by atoms with E-state index >= 15 is 0 Å². The highest BCUT2D eigenvalue weighted by Gasteiger charge is 2.47. The van der Waals surface area contributed by atoms with E-state index < -0.39 is 0 Å². The summed E-state index contributed by atoms with van der Waals surface area (Å²) >= 11 is 0. The van der Waals surface area contributed by atoms with Crippen LogP contribution in [-0.4, -0.2) is 0 Å². The topological polar surface area (TPSA) is 6.48 Å². The first-order valence-corrected chi connectivity index (χ1v) is 28.7. The van der Waals surface area contributed by atoms with E-state index in [1.54, 1.807) is 0 Å². The second-order valence-electron chi connectivity index (χ2n) is 23.8. The maximum absolute atomic E-state index is 2.50. The largest absolute Gasteiger partial charge is 0.310 e. The first-order valence-electron chi connectivity index (χ1n) is 28.7. The molecule has 0 heterocycles. The van der Waals surface area contributed by atoms with Crippen molar-refractivity contribution < 1.29 is 0 Å². The van der Waals surface area contributed by atoms with Crippen molar-refractivity contribution >= 4 is 58.4 Å². The summed E-state index contributed by atoms with van der Waals surface area (Å²) in [7, 11) is 0.